The van der Waals surface area contributed by atoms with Crippen LogP contribution in [0.2, 0.25) is 0 Å². The number of hydrogen-bond donors (Lipinski definition) is 0. The molecule has 1 aromatic carbocycles. The predicted octanol–water partition coefficient (Wildman–Crippen LogP) is 3.50. The smallest absolute Gasteiger partial charge is 0.0843 e. The van der Waals surface area contributed by atoms with Gasteiger partial charge in [0.05, 0.1) is 18.2 Å². The second-order valence-corrected chi connectivity index (χ2v) is 6.15. The molecule has 3 rings (SSSR count). The van der Waals surface area contributed by atoms with Crippen LogP contribution in [0.15, 0.2) is 30.5 Å². The number of nitriles is 1. The van der Waals surface area contributed by atoms with Crippen molar-refractivity contribution in [3.8, 4) is 6.07 Å². The third kappa shape index (κ3) is 2.01. The molecule has 1 heterocycles. The van der Waals surface area contributed by atoms with E-state index in [1.807, 2.05) is 0 Å². The summed E-state index contributed by atoms with van der Waals surface area (Å²) in [5.41, 5.74) is 2.20. The number of fused-ring (bicyclic) bond motifs is 1. The summed E-state index contributed by atoms with van der Waals surface area (Å²) in [6.45, 7) is 0.849. The van der Waals surface area contributed by atoms with E-state index in [4.69, 9.17) is 0 Å². The Hall–Kier alpha value is -1.79. The fourth-order valence-corrected chi connectivity index (χ4v) is 3.47. The van der Waals surface area contributed by atoms with E-state index in [1.54, 1.807) is 0 Å². The van der Waals surface area contributed by atoms with Gasteiger partial charge in [-0.2, -0.15) is 5.26 Å². The van der Waals surface area contributed by atoms with E-state index in [0.29, 0.717) is 0 Å². The Labute approximate surface area is 120 Å². The van der Waals surface area contributed by atoms with E-state index < -0.39 is 0 Å². The Morgan fingerprint density at radius 2 is 1.95 bits per heavy atom. The van der Waals surface area contributed by atoms with Gasteiger partial charge in [-0.05, 0) is 38.6 Å². The molecule has 1 aromatic heterocycles. The van der Waals surface area contributed by atoms with Crippen LogP contribution in [0.4, 0.5) is 0 Å². The van der Waals surface area contributed by atoms with Crippen molar-refractivity contribution in [3.63, 3.8) is 0 Å². The van der Waals surface area contributed by atoms with Gasteiger partial charge >= 0.3 is 0 Å². The molecule has 0 N–H and O–H groups in total. The van der Waals surface area contributed by atoms with Gasteiger partial charge < -0.3 is 4.57 Å². The predicted molar refractivity (Wildman–Crippen MR) is 81.4 cm³/mol. The Kier molecular flexibility index (Phi) is 3.27. The maximum atomic E-state index is 9.75. The molecule has 1 saturated carbocycles. The zero-order valence-electron chi connectivity index (χ0n) is 12.3. The van der Waals surface area contributed by atoms with Crippen molar-refractivity contribution in [2.24, 2.45) is 0 Å². The molecule has 0 atom stereocenters. The molecule has 0 saturated heterocycles. The summed E-state index contributed by atoms with van der Waals surface area (Å²) < 4.78 is 2.27. The van der Waals surface area contributed by atoms with Gasteiger partial charge in [0.2, 0.25) is 0 Å². The van der Waals surface area contributed by atoms with E-state index in [2.05, 4.69) is 60.1 Å². The minimum atomic E-state index is -0.267. The molecule has 1 aliphatic rings. The highest BCUT2D eigenvalue weighted by Gasteiger charge is 2.38. The average molecular weight is 267 g/mol. The van der Waals surface area contributed by atoms with Crippen LogP contribution in [0.1, 0.15) is 31.2 Å². The van der Waals surface area contributed by atoms with Gasteiger partial charge in [0, 0.05) is 17.1 Å². The van der Waals surface area contributed by atoms with Crippen LogP contribution in [0.3, 0.4) is 0 Å². The number of nitrogens with zero attached hydrogens (tertiary/aromatic N) is 3. The molecule has 3 heteroatoms. The maximum absolute atomic E-state index is 9.75. The Morgan fingerprint density at radius 1 is 1.25 bits per heavy atom. The van der Waals surface area contributed by atoms with Crippen molar-refractivity contribution < 1.29 is 0 Å². The molecule has 104 valence electrons. The number of hydrogen-bond acceptors (Lipinski definition) is 2. The van der Waals surface area contributed by atoms with Crippen LogP contribution in [-0.4, -0.2) is 23.6 Å². The Morgan fingerprint density at radius 3 is 2.60 bits per heavy atom. The van der Waals surface area contributed by atoms with E-state index >= 15 is 0 Å². The quantitative estimate of drug-likeness (QED) is 0.852. The number of aromatic nitrogens is 1. The topological polar surface area (TPSA) is 32.0 Å². The molecule has 0 aliphatic heterocycles. The van der Waals surface area contributed by atoms with E-state index in [1.165, 1.54) is 29.3 Å². The van der Waals surface area contributed by atoms with Crippen molar-refractivity contribution in [1.29, 1.82) is 5.26 Å². The molecule has 0 radical (unpaired) electrons. The van der Waals surface area contributed by atoms with Gasteiger partial charge in [-0.25, -0.2) is 0 Å². The fraction of sp³-hybridized carbons (Fsp3) is 0.471. The third-order valence-electron chi connectivity index (χ3n) is 4.41. The second-order valence-electron chi connectivity index (χ2n) is 6.15. The maximum Gasteiger partial charge on any atom is 0.0843 e. The SMILES string of the molecule is CN(C)Cn1cc(C2(C#N)CCCC2)c2ccccc21. The lowest BCUT2D eigenvalue weighted by molar-refractivity contribution is 0.332. The Bertz CT molecular complexity index is 654. The summed E-state index contributed by atoms with van der Waals surface area (Å²) in [6.07, 6.45) is 6.54. The monoisotopic (exact) mass is 267 g/mol. The summed E-state index contributed by atoms with van der Waals surface area (Å²) in [5.74, 6) is 0. The summed E-state index contributed by atoms with van der Waals surface area (Å²) in [4.78, 5) is 2.16. The summed E-state index contributed by atoms with van der Waals surface area (Å²) >= 11 is 0. The van der Waals surface area contributed by atoms with Gasteiger partial charge in [-0.15, -0.1) is 0 Å². The standard InChI is InChI=1S/C17H21N3/c1-19(2)13-20-11-15(14-7-3-4-8-16(14)20)17(12-18)9-5-6-10-17/h3-4,7-8,11H,5-6,9-10,13H2,1-2H3. The van der Waals surface area contributed by atoms with Crippen LogP contribution in [0, 0.1) is 11.3 Å². The number of rotatable bonds is 3. The van der Waals surface area contributed by atoms with Crippen molar-refractivity contribution in [2.45, 2.75) is 37.8 Å². The molecule has 0 spiro atoms. The number of benzene rings is 1. The molecule has 1 aliphatic carbocycles. The van der Waals surface area contributed by atoms with E-state index in [0.717, 1.165) is 19.5 Å². The van der Waals surface area contributed by atoms with E-state index in [9.17, 15) is 5.26 Å². The highest BCUT2D eigenvalue weighted by atomic mass is 15.2. The fourth-order valence-electron chi connectivity index (χ4n) is 3.47. The molecule has 0 bridgehead atoms. The Balaban J connectivity index is 2.19. The first-order chi connectivity index (χ1) is 9.66. The summed E-state index contributed by atoms with van der Waals surface area (Å²) in [5, 5.41) is 11.0. The first kappa shape index (κ1) is 13.2. The molecule has 0 amide bonds. The molecule has 1 fully saturated rings. The van der Waals surface area contributed by atoms with Gasteiger partial charge in [0.1, 0.15) is 0 Å². The lowest BCUT2D eigenvalue weighted by atomic mass is 9.80. The second kappa shape index (κ2) is 4.96. The molecule has 20 heavy (non-hydrogen) atoms. The highest BCUT2D eigenvalue weighted by molar-refractivity contribution is 5.85. The normalized spacial score (nSPS) is 17.7. The van der Waals surface area contributed by atoms with Crippen LogP contribution in [-0.2, 0) is 12.1 Å². The van der Waals surface area contributed by atoms with Crippen molar-refractivity contribution in [1.82, 2.24) is 9.47 Å². The lowest BCUT2D eigenvalue weighted by Crippen LogP contribution is -2.19. The van der Waals surface area contributed by atoms with Crippen LogP contribution in [0.5, 0.6) is 0 Å². The van der Waals surface area contributed by atoms with Gasteiger partial charge in [-0.3, -0.25) is 4.90 Å². The molecule has 3 nitrogen and oxygen atoms in total. The highest BCUT2D eigenvalue weighted by Crippen LogP contribution is 2.43. The molecular formula is C17H21N3. The minimum absolute atomic E-state index is 0.267. The lowest BCUT2D eigenvalue weighted by Gasteiger charge is -2.19. The first-order valence-corrected chi connectivity index (χ1v) is 7.31. The minimum Gasteiger partial charge on any atom is -0.334 e. The summed E-state index contributed by atoms with van der Waals surface area (Å²) in [7, 11) is 4.15. The summed E-state index contributed by atoms with van der Waals surface area (Å²) in [6, 6.07) is 11.1. The van der Waals surface area contributed by atoms with Crippen LogP contribution >= 0.6 is 0 Å². The largest absolute Gasteiger partial charge is 0.334 e. The molecule has 0 unspecified atom stereocenters. The van der Waals surface area contributed by atoms with E-state index in [-0.39, 0.29) is 5.41 Å². The molecular weight excluding hydrogens is 246 g/mol. The van der Waals surface area contributed by atoms with Crippen molar-refractivity contribution >= 4 is 10.9 Å². The average Bonchev–Trinajstić information content (AvgIpc) is 3.04. The van der Waals surface area contributed by atoms with Gasteiger partial charge in [-0.1, -0.05) is 31.0 Å². The first-order valence-electron chi connectivity index (χ1n) is 7.31. The third-order valence-corrected chi connectivity index (χ3v) is 4.41. The van der Waals surface area contributed by atoms with Crippen LogP contribution < -0.4 is 0 Å². The zero-order valence-corrected chi connectivity index (χ0v) is 12.3. The van der Waals surface area contributed by atoms with Crippen molar-refractivity contribution in [3.05, 3.63) is 36.0 Å². The van der Waals surface area contributed by atoms with Gasteiger partial charge in [0.25, 0.3) is 0 Å². The molecule has 2 aromatic rings. The van der Waals surface area contributed by atoms with Crippen molar-refractivity contribution in [2.75, 3.05) is 14.1 Å². The van der Waals surface area contributed by atoms with Gasteiger partial charge in [0.15, 0.2) is 0 Å². The zero-order chi connectivity index (χ0) is 14.2. The van der Waals surface area contributed by atoms with Crippen LogP contribution in [0.25, 0.3) is 10.9 Å². The number of para-hydroxylation sites is 1.